The van der Waals surface area contributed by atoms with Gasteiger partial charge < -0.3 is 20.1 Å². The topological polar surface area (TPSA) is 60.3 Å². The molecule has 0 spiro atoms. The van der Waals surface area contributed by atoms with Gasteiger partial charge in [-0.15, -0.1) is 0 Å². The van der Waals surface area contributed by atoms with Crippen LogP contribution in [0.2, 0.25) is 0 Å². The first-order valence-corrected chi connectivity index (χ1v) is 10.4. The van der Waals surface area contributed by atoms with E-state index >= 15 is 0 Å². The molecule has 0 aromatic heterocycles. The predicted molar refractivity (Wildman–Crippen MR) is 109 cm³/mol. The maximum atomic E-state index is 14.3. The van der Waals surface area contributed by atoms with Crippen LogP contribution in [-0.2, 0) is 4.74 Å². The highest BCUT2D eigenvalue weighted by atomic mass is 19.1. The highest BCUT2D eigenvalue weighted by molar-refractivity contribution is 5.80. The van der Waals surface area contributed by atoms with Crippen molar-refractivity contribution in [2.45, 2.75) is 26.3 Å². The van der Waals surface area contributed by atoms with Gasteiger partial charge in [-0.3, -0.25) is 9.89 Å². The molecule has 1 aromatic carbocycles. The molecule has 0 radical (unpaired) electrons. The minimum Gasteiger partial charge on any atom is -0.396 e. The zero-order valence-corrected chi connectivity index (χ0v) is 17.3. The fourth-order valence-corrected chi connectivity index (χ4v) is 3.98. The standard InChI is InChI=1S/C21H32F2N4O2/c1-3-19(17-6-5-16(22)11-18(17)23)26-7-9-27(10-8-26)20(24-4-2)25-12-21(13-28)14-29-15-21/h5-6,11,19,28H,3-4,7-10,12-15H2,1-2H3,(H,24,25). The highest BCUT2D eigenvalue weighted by Gasteiger charge is 2.38. The predicted octanol–water partition coefficient (Wildman–Crippen LogP) is 2.01. The Hall–Kier alpha value is -1.77. The molecule has 2 heterocycles. The fourth-order valence-electron chi connectivity index (χ4n) is 3.98. The summed E-state index contributed by atoms with van der Waals surface area (Å²) in [6, 6.07) is 3.79. The molecule has 3 rings (SSSR count). The Morgan fingerprint density at radius 1 is 1.24 bits per heavy atom. The number of ether oxygens (including phenoxy) is 1. The third-order valence-corrected chi connectivity index (χ3v) is 5.81. The lowest BCUT2D eigenvalue weighted by Gasteiger charge is -2.41. The van der Waals surface area contributed by atoms with Gasteiger partial charge in [-0.25, -0.2) is 8.78 Å². The number of benzene rings is 1. The summed E-state index contributed by atoms with van der Waals surface area (Å²) in [4.78, 5) is 9.21. The molecule has 0 saturated carbocycles. The summed E-state index contributed by atoms with van der Waals surface area (Å²) in [5.41, 5.74) is 0.299. The SMILES string of the molecule is CCNC(=NCC1(CO)COC1)N1CCN(C(CC)c2ccc(F)cc2F)CC1. The minimum absolute atomic E-state index is 0.0675. The highest BCUT2D eigenvalue weighted by Crippen LogP contribution is 2.29. The smallest absolute Gasteiger partial charge is 0.194 e. The van der Waals surface area contributed by atoms with E-state index in [4.69, 9.17) is 9.73 Å². The normalized spacial score (nSPS) is 21.0. The molecule has 0 amide bonds. The van der Waals surface area contributed by atoms with E-state index in [2.05, 4.69) is 15.1 Å². The molecule has 2 aliphatic heterocycles. The number of nitrogens with zero attached hydrogens (tertiary/aromatic N) is 3. The summed E-state index contributed by atoms with van der Waals surface area (Å²) in [6.07, 6.45) is 0.760. The number of guanidine groups is 1. The van der Waals surface area contributed by atoms with Crippen LogP contribution in [0.5, 0.6) is 0 Å². The van der Waals surface area contributed by atoms with Crippen molar-refractivity contribution in [3.05, 3.63) is 35.4 Å². The van der Waals surface area contributed by atoms with Gasteiger partial charge in [0.05, 0.1) is 31.8 Å². The Labute approximate surface area is 171 Å². The Bertz CT molecular complexity index is 698. The average Bonchev–Trinajstić information content (AvgIpc) is 2.69. The Morgan fingerprint density at radius 3 is 2.48 bits per heavy atom. The molecule has 2 aliphatic rings. The first-order valence-electron chi connectivity index (χ1n) is 10.4. The summed E-state index contributed by atoms with van der Waals surface area (Å²) in [6.45, 7) is 9.60. The molecule has 1 aromatic rings. The van der Waals surface area contributed by atoms with Crippen LogP contribution in [0, 0.1) is 17.0 Å². The number of nitrogens with one attached hydrogen (secondary N) is 1. The number of piperazine rings is 1. The van der Waals surface area contributed by atoms with Crippen LogP contribution < -0.4 is 5.32 Å². The quantitative estimate of drug-likeness (QED) is 0.532. The van der Waals surface area contributed by atoms with E-state index in [1.54, 1.807) is 6.07 Å². The van der Waals surface area contributed by atoms with Gasteiger partial charge in [0.1, 0.15) is 11.6 Å². The van der Waals surface area contributed by atoms with Crippen molar-refractivity contribution < 1.29 is 18.6 Å². The molecule has 162 valence electrons. The first kappa shape index (κ1) is 21.9. The van der Waals surface area contributed by atoms with Crippen LogP contribution in [-0.4, -0.2) is 80.0 Å². The third-order valence-electron chi connectivity index (χ3n) is 5.81. The van der Waals surface area contributed by atoms with Crippen molar-refractivity contribution >= 4 is 5.96 Å². The Balaban J connectivity index is 1.64. The van der Waals surface area contributed by atoms with Crippen LogP contribution in [0.4, 0.5) is 8.78 Å². The van der Waals surface area contributed by atoms with Crippen molar-refractivity contribution in [1.82, 2.24) is 15.1 Å². The maximum absolute atomic E-state index is 14.3. The van der Waals surface area contributed by atoms with Gasteiger partial charge in [0.2, 0.25) is 0 Å². The summed E-state index contributed by atoms with van der Waals surface area (Å²) in [5, 5.41) is 13.0. The number of halogens is 2. The zero-order valence-electron chi connectivity index (χ0n) is 17.3. The second-order valence-corrected chi connectivity index (χ2v) is 7.93. The maximum Gasteiger partial charge on any atom is 0.194 e. The number of aliphatic hydroxyl groups excluding tert-OH is 1. The number of rotatable bonds is 7. The van der Waals surface area contributed by atoms with Crippen LogP contribution in [0.3, 0.4) is 0 Å². The zero-order chi connectivity index (χ0) is 20.9. The van der Waals surface area contributed by atoms with Gasteiger partial charge in [0, 0.05) is 50.4 Å². The van der Waals surface area contributed by atoms with E-state index in [0.29, 0.717) is 25.3 Å². The number of hydrogen-bond donors (Lipinski definition) is 2. The largest absolute Gasteiger partial charge is 0.396 e. The summed E-state index contributed by atoms with van der Waals surface area (Å²) in [5.74, 6) is -0.186. The lowest BCUT2D eigenvalue weighted by molar-refractivity contribution is -0.130. The minimum atomic E-state index is -0.546. The molecule has 8 heteroatoms. The third kappa shape index (κ3) is 5.05. The van der Waals surface area contributed by atoms with E-state index in [1.165, 1.54) is 6.07 Å². The lowest BCUT2D eigenvalue weighted by atomic mass is 9.87. The number of hydrogen-bond acceptors (Lipinski definition) is 4. The summed E-state index contributed by atoms with van der Waals surface area (Å²) >= 11 is 0. The van der Waals surface area contributed by atoms with E-state index in [-0.39, 0.29) is 18.1 Å². The van der Waals surface area contributed by atoms with Crippen molar-refractivity contribution in [2.24, 2.45) is 10.4 Å². The van der Waals surface area contributed by atoms with Crippen LogP contribution >= 0.6 is 0 Å². The molecule has 1 unspecified atom stereocenters. The lowest BCUT2D eigenvalue weighted by Crippen LogP contribution is -2.54. The molecule has 2 N–H and O–H groups in total. The Morgan fingerprint density at radius 2 is 1.97 bits per heavy atom. The van der Waals surface area contributed by atoms with Crippen LogP contribution in [0.25, 0.3) is 0 Å². The molecule has 0 bridgehead atoms. The van der Waals surface area contributed by atoms with Gasteiger partial charge in [-0.1, -0.05) is 13.0 Å². The van der Waals surface area contributed by atoms with E-state index in [9.17, 15) is 13.9 Å². The van der Waals surface area contributed by atoms with Gasteiger partial charge >= 0.3 is 0 Å². The van der Waals surface area contributed by atoms with E-state index < -0.39 is 11.6 Å². The molecular weight excluding hydrogens is 378 g/mol. The summed E-state index contributed by atoms with van der Waals surface area (Å²) < 4.78 is 32.8. The number of aliphatic hydroxyl groups is 1. The molecule has 0 aliphatic carbocycles. The second kappa shape index (κ2) is 9.82. The molecule has 2 fully saturated rings. The monoisotopic (exact) mass is 410 g/mol. The first-order chi connectivity index (χ1) is 14.0. The second-order valence-electron chi connectivity index (χ2n) is 7.93. The Kier molecular flexibility index (Phi) is 7.43. The average molecular weight is 411 g/mol. The van der Waals surface area contributed by atoms with Crippen molar-refractivity contribution in [2.75, 3.05) is 59.1 Å². The van der Waals surface area contributed by atoms with Gasteiger partial charge in [0.25, 0.3) is 0 Å². The van der Waals surface area contributed by atoms with Crippen LogP contribution in [0.1, 0.15) is 31.9 Å². The van der Waals surface area contributed by atoms with Crippen LogP contribution in [0.15, 0.2) is 23.2 Å². The molecule has 2 saturated heterocycles. The van der Waals surface area contributed by atoms with Gasteiger partial charge in [-0.2, -0.15) is 0 Å². The summed E-state index contributed by atoms with van der Waals surface area (Å²) in [7, 11) is 0. The van der Waals surface area contributed by atoms with E-state index in [0.717, 1.165) is 51.2 Å². The van der Waals surface area contributed by atoms with Crippen molar-refractivity contribution in [3.63, 3.8) is 0 Å². The molecule has 1 atom stereocenters. The van der Waals surface area contributed by atoms with E-state index in [1.807, 2.05) is 13.8 Å². The van der Waals surface area contributed by atoms with Crippen molar-refractivity contribution in [3.8, 4) is 0 Å². The molecule has 29 heavy (non-hydrogen) atoms. The van der Waals surface area contributed by atoms with Crippen molar-refractivity contribution in [1.29, 1.82) is 0 Å². The van der Waals surface area contributed by atoms with Gasteiger partial charge in [-0.05, 0) is 19.4 Å². The number of aliphatic imine (C=N–C) groups is 1. The van der Waals surface area contributed by atoms with Gasteiger partial charge in [0.15, 0.2) is 5.96 Å². The fraction of sp³-hybridized carbons (Fsp3) is 0.667. The molecule has 6 nitrogen and oxygen atoms in total. The molecular formula is C21H32F2N4O2.